The number of hydrogen-bond acceptors (Lipinski definition) is 6. The zero-order valence-electron chi connectivity index (χ0n) is 15.5. The van der Waals surface area contributed by atoms with E-state index in [0.717, 1.165) is 11.3 Å². The highest BCUT2D eigenvalue weighted by molar-refractivity contribution is 7.92. The number of rotatable bonds is 8. The van der Waals surface area contributed by atoms with Crippen LogP contribution in [0.1, 0.15) is 22.2 Å². The van der Waals surface area contributed by atoms with Crippen LogP contribution in [0.4, 0.5) is 9.39 Å². The van der Waals surface area contributed by atoms with Gasteiger partial charge in [0.2, 0.25) is 5.91 Å². The average Bonchev–Trinajstić information content (AvgIpc) is 2.91. The fourth-order valence-corrected chi connectivity index (χ4v) is 4.62. The van der Waals surface area contributed by atoms with Crippen molar-refractivity contribution in [3.63, 3.8) is 0 Å². The highest BCUT2D eigenvalue weighted by atomic mass is 32.2. The van der Waals surface area contributed by atoms with Gasteiger partial charge >= 0.3 is 5.97 Å². The van der Waals surface area contributed by atoms with E-state index in [-0.39, 0.29) is 22.9 Å². The van der Waals surface area contributed by atoms with Crippen molar-refractivity contribution < 1.29 is 27.1 Å². The smallest absolute Gasteiger partial charge is 0.341 e. The zero-order valence-corrected chi connectivity index (χ0v) is 17.1. The van der Waals surface area contributed by atoms with Crippen LogP contribution < -0.4 is 5.32 Å². The molecular formula is C19H20FNO5S2. The van der Waals surface area contributed by atoms with E-state index in [1.807, 2.05) is 0 Å². The normalized spacial score (nSPS) is 11.1. The number of esters is 1. The first-order chi connectivity index (χ1) is 13.2. The van der Waals surface area contributed by atoms with Crippen molar-refractivity contribution in [2.75, 3.05) is 23.4 Å². The number of carbonyl (C=O) groups excluding carboxylic acids is 2. The molecule has 0 unspecified atom stereocenters. The first kappa shape index (κ1) is 21.8. The van der Waals surface area contributed by atoms with E-state index in [9.17, 15) is 22.4 Å². The Bertz CT molecular complexity index is 994. The molecule has 1 aromatic heterocycles. The molecule has 0 aliphatic carbocycles. The molecule has 0 saturated carbocycles. The highest BCUT2D eigenvalue weighted by Crippen LogP contribution is 2.40. The van der Waals surface area contributed by atoms with Crippen molar-refractivity contribution in [1.29, 1.82) is 0 Å². The van der Waals surface area contributed by atoms with Crippen LogP contribution >= 0.6 is 11.3 Å². The van der Waals surface area contributed by atoms with E-state index < -0.39 is 33.3 Å². The minimum atomic E-state index is -3.64. The summed E-state index contributed by atoms with van der Waals surface area (Å²) in [5.41, 5.74) is 1.20. The van der Waals surface area contributed by atoms with Crippen molar-refractivity contribution in [2.24, 2.45) is 0 Å². The summed E-state index contributed by atoms with van der Waals surface area (Å²) in [4.78, 5) is 25.4. The van der Waals surface area contributed by atoms with Gasteiger partial charge in [0, 0.05) is 10.4 Å². The third-order valence-corrected chi connectivity index (χ3v) is 6.14. The lowest BCUT2D eigenvalue weighted by atomic mass is 10.0. The Morgan fingerprint density at radius 1 is 1.29 bits per heavy atom. The first-order valence-electron chi connectivity index (χ1n) is 8.36. The lowest BCUT2D eigenvalue weighted by Crippen LogP contribution is -2.24. The fourth-order valence-electron chi connectivity index (χ4n) is 2.60. The molecule has 28 heavy (non-hydrogen) atoms. The standard InChI is InChI=1S/C19H20FNO5S2/c1-4-10-28(24,25)11-15(22)21-18-17(19(23)26-5-2)16(12(3)27-18)13-6-8-14(20)9-7-13/h4,6-9H,1,5,10-11H2,2-3H3,(H,21,22). The molecule has 0 saturated heterocycles. The van der Waals surface area contributed by atoms with Crippen LogP contribution in [0, 0.1) is 12.7 Å². The Hall–Kier alpha value is -2.52. The van der Waals surface area contributed by atoms with Crippen LogP contribution in [0.3, 0.4) is 0 Å². The lowest BCUT2D eigenvalue weighted by Gasteiger charge is -2.09. The zero-order chi connectivity index (χ0) is 20.9. The minimum Gasteiger partial charge on any atom is -0.462 e. The first-order valence-corrected chi connectivity index (χ1v) is 11.0. The topological polar surface area (TPSA) is 89.5 Å². The molecule has 0 radical (unpaired) electrons. The molecule has 2 rings (SSSR count). The quantitative estimate of drug-likeness (QED) is 0.516. The maximum Gasteiger partial charge on any atom is 0.341 e. The summed E-state index contributed by atoms with van der Waals surface area (Å²) >= 11 is 1.12. The summed E-state index contributed by atoms with van der Waals surface area (Å²) in [7, 11) is -3.64. The van der Waals surface area contributed by atoms with E-state index >= 15 is 0 Å². The van der Waals surface area contributed by atoms with Crippen LogP contribution in [0.25, 0.3) is 11.1 Å². The molecule has 1 heterocycles. The molecule has 150 valence electrons. The summed E-state index contributed by atoms with van der Waals surface area (Å²) in [5, 5.41) is 2.69. The molecule has 0 fully saturated rings. The van der Waals surface area contributed by atoms with Crippen LogP contribution in [-0.2, 0) is 19.4 Å². The van der Waals surface area contributed by atoms with Crippen LogP contribution in [0.2, 0.25) is 0 Å². The Morgan fingerprint density at radius 3 is 2.50 bits per heavy atom. The fraction of sp³-hybridized carbons (Fsp3) is 0.263. The second-order valence-electron chi connectivity index (χ2n) is 5.86. The number of amides is 1. The Morgan fingerprint density at radius 2 is 1.93 bits per heavy atom. The maximum atomic E-state index is 13.3. The molecule has 0 bridgehead atoms. The van der Waals surface area contributed by atoms with Gasteiger partial charge in [-0.15, -0.1) is 17.9 Å². The number of nitrogens with one attached hydrogen (secondary N) is 1. The van der Waals surface area contributed by atoms with Gasteiger partial charge in [0.1, 0.15) is 22.1 Å². The van der Waals surface area contributed by atoms with Gasteiger partial charge in [0.05, 0.1) is 12.4 Å². The number of hydrogen-bond donors (Lipinski definition) is 1. The van der Waals surface area contributed by atoms with Gasteiger partial charge in [-0.3, -0.25) is 4.79 Å². The van der Waals surface area contributed by atoms with Gasteiger partial charge in [0.25, 0.3) is 0 Å². The molecule has 6 nitrogen and oxygen atoms in total. The number of sulfone groups is 1. The minimum absolute atomic E-state index is 0.116. The van der Waals surface area contributed by atoms with Crippen molar-refractivity contribution in [3.05, 3.63) is 53.2 Å². The van der Waals surface area contributed by atoms with E-state index in [1.165, 1.54) is 30.3 Å². The van der Waals surface area contributed by atoms with E-state index in [1.54, 1.807) is 13.8 Å². The highest BCUT2D eigenvalue weighted by Gasteiger charge is 2.26. The van der Waals surface area contributed by atoms with E-state index in [2.05, 4.69) is 11.9 Å². The SMILES string of the molecule is C=CCS(=O)(=O)CC(=O)Nc1sc(C)c(-c2ccc(F)cc2)c1C(=O)OCC. The predicted octanol–water partition coefficient (Wildman–Crippen LogP) is 3.58. The molecule has 0 spiro atoms. The van der Waals surface area contributed by atoms with Crippen molar-refractivity contribution in [2.45, 2.75) is 13.8 Å². The monoisotopic (exact) mass is 425 g/mol. The second-order valence-corrected chi connectivity index (χ2v) is 9.19. The Labute approximate surface area is 167 Å². The van der Waals surface area contributed by atoms with Crippen LogP contribution in [-0.4, -0.2) is 38.4 Å². The van der Waals surface area contributed by atoms with E-state index in [4.69, 9.17) is 4.74 Å². The van der Waals surface area contributed by atoms with Crippen LogP contribution in [0.15, 0.2) is 36.9 Å². The molecule has 0 atom stereocenters. The number of ether oxygens (including phenoxy) is 1. The van der Waals surface area contributed by atoms with Gasteiger partial charge in [-0.25, -0.2) is 17.6 Å². The average molecular weight is 426 g/mol. The number of thiophene rings is 1. The molecule has 2 aromatic rings. The van der Waals surface area contributed by atoms with Crippen LogP contribution in [0.5, 0.6) is 0 Å². The van der Waals surface area contributed by atoms with Crippen molar-refractivity contribution in [1.82, 2.24) is 0 Å². The maximum absolute atomic E-state index is 13.3. The third-order valence-electron chi connectivity index (χ3n) is 3.67. The summed E-state index contributed by atoms with van der Waals surface area (Å²) in [6.45, 7) is 6.87. The van der Waals surface area contributed by atoms with Gasteiger partial charge in [-0.1, -0.05) is 18.2 Å². The molecule has 0 aliphatic heterocycles. The van der Waals surface area contributed by atoms with Gasteiger partial charge in [-0.2, -0.15) is 0 Å². The summed E-state index contributed by atoms with van der Waals surface area (Å²) < 4.78 is 42.0. The third kappa shape index (κ3) is 5.26. The Kier molecular flexibility index (Phi) is 7.09. The molecule has 1 N–H and O–H groups in total. The molecule has 1 amide bonds. The molecule has 9 heteroatoms. The van der Waals surface area contributed by atoms with Gasteiger partial charge in [0.15, 0.2) is 9.84 Å². The van der Waals surface area contributed by atoms with Crippen molar-refractivity contribution >= 4 is 38.1 Å². The Balaban J connectivity index is 2.45. The number of halogens is 1. The lowest BCUT2D eigenvalue weighted by molar-refractivity contribution is -0.113. The molecule has 0 aliphatic rings. The summed E-state index contributed by atoms with van der Waals surface area (Å²) in [5.74, 6) is -2.90. The number of anilines is 1. The second kappa shape index (κ2) is 9.11. The molecule has 1 aromatic carbocycles. The van der Waals surface area contributed by atoms with Gasteiger partial charge < -0.3 is 10.1 Å². The predicted molar refractivity (Wildman–Crippen MR) is 108 cm³/mol. The number of aryl methyl sites for hydroxylation is 1. The van der Waals surface area contributed by atoms with Crippen molar-refractivity contribution in [3.8, 4) is 11.1 Å². The summed E-state index contributed by atoms with van der Waals surface area (Å²) in [6.07, 6.45) is 1.20. The number of benzene rings is 1. The summed E-state index contributed by atoms with van der Waals surface area (Å²) in [6, 6.07) is 5.57. The van der Waals surface area contributed by atoms with E-state index in [0.29, 0.717) is 16.0 Å². The van der Waals surface area contributed by atoms with Gasteiger partial charge in [-0.05, 0) is 31.5 Å². The molecular weight excluding hydrogens is 405 g/mol. The number of carbonyl (C=O) groups is 2. The largest absolute Gasteiger partial charge is 0.462 e.